The van der Waals surface area contributed by atoms with E-state index in [0.29, 0.717) is 11.5 Å². The smallest absolute Gasteiger partial charge is 0.241 e. The molecule has 231 valence electrons. The van der Waals surface area contributed by atoms with E-state index in [9.17, 15) is 0 Å². The Bertz CT molecular complexity index is 1610. The number of methoxy groups -OCH3 is 4. The minimum atomic E-state index is 0. The van der Waals surface area contributed by atoms with Gasteiger partial charge in [0, 0.05) is 86.0 Å². The Hall–Kier alpha value is -4.93. The van der Waals surface area contributed by atoms with Crippen molar-refractivity contribution in [2.45, 2.75) is 0 Å². The normalized spacial score (nSPS) is 9.86. The SMILES string of the molecule is COc1c[c-]c(-n2[c-][n+](C)cc2)c(OC)c1.COc1c[c-]c(-n2[c-][n+](C)cc2)c(OC)c1.[Ir].c1ccc(-c2ccn[n-]2)nc1. The van der Waals surface area contributed by atoms with Crippen LogP contribution in [-0.4, -0.2) is 47.7 Å². The van der Waals surface area contributed by atoms with Crippen molar-refractivity contribution in [2.24, 2.45) is 14.1 Å². The fourth-order valence-corrected chi connectivity index (χ4v) is 3.76. The van der Waals surface area contributed by atoms with E-state index >= 15 is 0 Å². The van der Waals surface area contributed by atoms with Crippen LogP contribution in [0.2, 0.25) is 0 Å². The molecule has 6 rings (SSSR count). The number of pyridine rings is 1. The van der Waals surface area contributed by atoms with Crippen molar-refractivity contribution in [3.63, 3.8) is 0 Å². The topological polar surface area (TPSA) is 94.4 Å². The Kier molecular flexibility index (Phi) is 12.7. The predicted octanol–water partition coefficient (Wildman–Crippen LogP) is 2.94. The van der Waals surface area contributed by atoms with Gasteiger partial charge in [0.05, 0.1) is 42.5 Å². The maximum absolute atomic E-state index is 5.29. The zero-order chi connectivity index (χ0) is 30.6. The fraction of sp³-hybridized carbons (Fsp3) is 0.188. The van der Waals surface area contributed by atoms with Gasteiger partial charge in [-0.25, -0.2) is 0 Å². The van der Waals surface area contributed by atoms with Gasteiger partial charge in [-0.1, -0.05) is 30.0 Å². The first-order chi connectivity index (χ1) is 20.9. The number of aryl methyl sites for hydroxylation is 2. The second-order valence-corrected chi connectivity index (χ2v) is 8.80. The van der Waals surface area contributed by atoms with Crippen molar-refractivity contribution in [1.82, 2.24) is 24.3 Å². The first-order valence-corrected chi connectivity index (χ1v) is 13.0. The van der Waals surface area contributed by atoms with Crippen molar-refractivity contribution in [1.29, 1.82) is 0 Å². The zero-order valence-corrected chi connectivity index (χ0v) is 27.6. The van der Waals surface area contributed by atoms with Crippen LogP contribution in [-0.2, 0) is 34.2 Å². The summed E-state index contributed by atoms with van der Waals surface area (Å²) in [6.45, 7) is 0. The average molecular weight is 771 g/mol. The molecule has 0 aliphatic carbocycles. The standard InChI is InChI=1S/2C12H13N2O2.C8H6N3.Ir/c2*1-13-6-7-14(9-13)11-5-4-10(15-2)8-12(11)16-3;1-2-5-9-7(3-1)8-4-6-10-11-8;/h2*4,6-8H,1-3H3;1-6H;/q3*-1;. The molecule has 0 unspecified atom stereocenters. The third kappa shape index (κ3) is 8.79. The van der Waals surface area contributed by atoms with E-state index in [-0.39, 0.29) is 20.1 Å². The van der Waals surface area contributed by atoms with Gasteiger partial charge in [-0.15, -0.1) is 12.1 Å². The molecule has 0 aliphatic rings. The first kappa shape index (κ1) is 33.6. The Morgan fingerprint density at radius 2 is 1.27 bits per heavy atom. The minimum Gasteiger partial charge on any atom is -0.574 e. The quantitative estimate of drug-likeness (QED) is 0.182. The van der Waals surface area contributed by atoms with E-state index in [4.69, 9.17) is 18.9 Å². The summed E-state index contributed by atoms with van der Waals surface area (Å²) >= 11 is 0. The molecule has 0 aliphatic heterocycles. The van der Waals surface area contributed by atoms with Gasteiger partial charge in [0.2, 0.25) is 12.7 Å². The molecule has 0 fully saturated rings. The molecule has 0 saturated carbocycles. The summed E-state index contributed by atoms with van der Waals surface area (Å²) < 4.78 is 28.1. The van der Waals surface area contributed by atoms with Crippen molar-refractivity contribution in [2.75, 3.05) is 28.4 Å². The summed E-state index contributed by atoms with van der Waals surface area (Å²) in [4.78, 5) is 4.12. The largest absolute Gasteiger partial charge is 0.574 e. The Morgan fingerprint density at radius 1 is 0.727 bits per heavy atom. The third-order valence-electron chi connectivity index (χ3n) is 5.91. The number of ether oxygens (including phenoxy) is 4. The first-order valence-electron chi connectivity index (χ1n) is 13.0. The van der Waals surface area contributed by atoms with Crippen LogP contribution in [0, 0.1) is 24.8 Å². The number of rotatable bonds is 7. The van der Waals surface area contributed by atoms with Gasteiger partial charge in [-0.2, -0.15) is 12.1 Å². The molecular formula is C32H32IrN7O4-3. The molecule has 11 nitrogen and oxygen atoms in total. The van der Waals surface area contributed by atoms with E-state index < -0.39 is 0 Å². The summed E-state index contributed by atoms with van der Waals surface area (Å²) in [6.07, 6.45) is 17.1. The van der Waals surface area contributed by atoms with E-state index in [1.807, 2.05) is 93.5 Å². The van der Waals surface area contributed by atoms with Gasteiger partial charge < -0.3 is 47.4 Å². The van der Waals surface area contributed by atoms with Gasteiger partial charge in [-0.05, 0) is 23.5 Å². The number of benzene rings is 2. The molecule has 0 bridgehead atoms. The second-order valence-electron chi connectivity index (χ2n) is 8.80. The Morgan fingerprint density at radius 3 is 1.64 bits per heavy atom. The molecule has 6 aromatic rings. The molecule has 1 radical (unpaired) electrons. The van der Waals surface area contributed by atoms with Gasteiger partial charge >= 0.3 is 0 Å². The van der Waals surface area contributed by atoms with Crippen molar-refractivity contribution in [3.8, 4) is 45.8 Å². The molecule has 2 aromatic carbocycles. The molecule has 4 heterocycles. The van der Waals surface area contributed by atoms with Gasteiger partial charge in [0.15, 0.2) is 0 Å². The molecule has 0 amide bonds. The van der Waals surface area contributed by atoms with Crippen molar-refractivity contribution < 1.29 is 48.2 Å². The van der Waals surface area contributed by atoms with Crippen LogP contribution in [0.15, 0.2) is 85.7 Å². The van der Waals surface area contributed by atoms with Crippen LogP contribution >= 0.6 is 0 Å². The Balaban J connectivity index is 0.000000181. The summed E-state index contributed by atoms with van der Waals surface area (Å²) in [5.74, 6) is 2.84. The number of aromatic nitrogens is 7. The maximum atomic E-state index is 5.29. The molecule has 0 saturated heterocycles. The van der Waals surface area contributed by atoms with Crippen LogP contribution in [0.3, 0.4) is 0 Å². The zero-order valence-electron chi connectivity index (χ0n) is 25.2. The minimum absolute atomic E-state index is 0. The number of hydrogen-bond acceptors (Lipinski definition) is 6. The van der Waals surface area contributed by atoms with E-state index in [1.54, 1.807) is 53.0 Å². The van der Waals surface area contributed by atoms with Crippen LogP contribution in [0.5, 0.6) is 23.0 Å². The van der Waals surface area contributed by atoms with Crippen LogP contribution in [0.1, 0.15) is 0 Å². The average Bonchev–Trinajstić information content (AvgIpc) is 3.84. The molecule has 0 N–H and O–H groups in total. The second kappa shape index (κ2) is 16.6. The van der Waals surface area contributed by atoms with Gasteiger partial charge in [0.1, 0.15) is 0 Å². The molecule has 0 spiro atoms. The van der Waals surface area contributed by atoms with Crippen LogP contribution in [0.25, 0.3) is 22.8 Å². The maximum Gasteiger partial charge on any atom is 0.241 e. The summed E-state index contributed by atoms with van der Waals surface area (Å²) in [5, 5.41) is 7.58. The van der Waals surface area contributed by atoms with E-state index in [1.165, 1.54) is 0 Å². The number of nitrogens with zero attached hydrogens (tertiary/aromatic N) is 7. The number of hydrogen-bond donors (Lipinski definition) is 0. The predicted molar refractivity (Wildman–Crippen MR) is 156 cm³/mol. The molecule has 12 heteroatoms. The molecular weight excluding hydrogens is 739 g/mol. The van der Waals surface area contributed by atoms with Crippen molar-refractivity contribution in [3.05, 3.63) is 110 Å². The summed E-state index contributed by atoms with van der Waals surface area (Å²) in [7, 11) is 10.3. The number of imidazole rings is 2. The molecule has 44 heavy (non-hydrogen) atoms. The van der Waals surface area contributed by atoms with Crippen LogP contribution in [0.4, 0.5) is 0 Å². The summed E-state index contributed by atoms with van der Waals surface area (Å²) in [5.41, 5.74) is 3.31. The monoisotopic (exact) mass is 771 g/mol. The van der Waals surface area contributed by atoms with Gasteiger partial charge in [-0.3, -0.25) is 4.98 Å². The van der Waals surface area contributed by atoms with Crippen LogP contribution < -0.4 is 33.2 Å². The summed E-state index contributed by atoms with van der Waals surface area (Å²) in [6, 6.07) is 20.9. The fourth-order valence-electron chi connectivity index (χ4n) is 3.76. The van der Waals surface area contributed by atoms with Gasteiger partial charge in [0.25, 0.3) is 0 Å². The molecule has 4 aromatic heterocycles. The Labute approximate surface area is 270 Å². The third-order valence-corrected chi connectivity index (χ3v) is 5.91. The molecule has 0 atom stereocenters. The van der Waals surface area contributed by atoms with Crippen molar-refractivity contribution >= 4 is 0 Å². The van der Waals surface area contributed by atoms with E-state index in [0.717, 1.165) is 34.3 Å². The van der Waals surface area contributed by atoms with E-state index in [2.05, 4.69) is 40.0 Å².